The van der Waals surface area contributed by atoms with Crippen LogP contribution in [0.2, 0.25) is 0 Å². The summed E-state index contributed by atoms with van der Waals surface area (Å²) >= 11 is 0. The Bertz CT molecular complexity index is 205. The van der Waals surface area contributed by atoms with Crippen molar-refractivity contribution in [3.8, 4) is 0 Å². The van der Waals surface area contributed by atoms with Crippen LogP contribution in [0.5, 0.6) is 0 Å². The maximum atomic E-state index is 10.2. The molecule has 0 unspecified atom stereocenters. The van der Waals surface area contributed by atoms with Crippen molar-refractivity contribution in [2.75, 3.05) is 26.2 Å². The predicted octanol–water partition coefficient (Wildman–Crippen LogP) is -0.896. The Balaban J connectivity index is 0. The van der Waals surface area contributed by atoms with Gasteiger partial charge in [0, 0.05) is 32.6 Å². The fraction of sp³-hybridized carbons (Fsp3) is 0.818. The summed E-state index contributed by atoms with van der Waals surface area (Å²) in [6.45, 7) is 2.31. The minimum Gasteiger partial charge on any atom is -0.481 e. The van der Waals surface area contributed by atoms with E-state index in [1.807, 2.05) is 0 Å². The normalized spacial score (nSPS) is 9.58. The number of rotatable bonds is 11. The van der Waals surface area contributed by atoms with Crippen molar-refractivity contribution in [3.63, 3.8) is 0 Å². The Morgan fingerprint density at radius 1 is 0.789 bits per heavy atom. The highest BCUT2D eigenvalue weighted by Crippen LogP contribution is 1.97. The third-order valence-electron chi connectivity index (χ3n) is 1.95. The number of hydrazine groups is 1. The summed E-state index contributed by atoms with van der Waals surface area (Å²) in [6.07, 6.45) is 2.73. The van der Waals surface area contributed by atoms with E-state index in [0.29, 0.717) is 26.1 Å². The Morgan fingerprint density at radius 2 is 1.32 bits per heavy atom. The van der Waals surface area contributed by atoms with Crippen molar-refractivity contribution < 1.29 is 19.8 Å². The highest BCUT2D eigenvalue weighted by Gasteiger charge is 1.96. The van der Waals surface area contributed by atoms with Gasteiger partial charge < -0.3 is 21.7 Å². The molecule has 114 valence electrons. The van der Waals surface area contributed by atoms with Crippen LogP contribution in [0.3, 0.4) is 0 Å². The lowest BCUT2D eigenvalue weighted by molar-refractivity contribution is -0.138. The average molecular weight is 278 g/mol. The molecule has 0 aromatic rings. The summed E-state index contributed by atoms with van der Waals surface area (Å²) in [5.41, 5.74) is 15.4. The molecule has 19 heavy (non-hydrogen) atoms. The first-order valence-corrected chi connectivity index (χ1v) is 6.34. The number of hydrogen-bond donors (Lipinski definition) is 6. The van der Waals surface area contributed by atoms with Crippen molar-refractivity contribution in [1.82, 2.24) is 10.9 Å². The standard InChI is InChI=1S/C9H18N2O4.C2H8N2/c12-8(13)4-2-1-3-6-10-11-7-5-9(14)15;3-1-2-4/h10-11H,1-7H2,(H,12,13)(H,14,15);1-4H2. The monoisotopic (exact) mass is 278 g/mol. The summed E-state index contributed by atoms with van der Waals surface area (Å²) in [4.78, 5) is 20.3. The lowest BCUT2D eigenvalue weighted by Crippen LogP contribution is -2.34. The molecule has 0 aliphatic heterocycles. The van der Waals surface area contributed by atoms with E-state index in [-0.39, 0.29) is 12.8 Å². The summed E-state index contributed by atoms with van der Waals surface area (Å²) in [7, 11) is 0. The van der Waals surface area contributed by atoms with Gasteiger partial charge in [0.25, 0.3) is 0 Å². The topological polar surface area (TPSA) is 151 Å². The molecule has 0 amide bonds. The van der Waals surface area contributed by atoms with Crippen LogP contribution in [0.25, 0.3) is 0 Å². The molecular weight excluding hydrogens is 252 g/mol. The van der Waals surface area contributed by atoms with Crippen molar-refractivity contribution >= 4 is 11.9 Å². The molecule has 0 radical (unpaired) electrons. The molecule has 0 saturated heterocycles. The number of aliphatic carboxylic acids is 2. The molecule has 0 heterocycles. The number of carboxylic acids is 2. The highest BCUT2D eigenvalue weighted by atomic mass is 16.4. The zero-order valence-corrected chi connectivity index (χ0v) is 11.2. The minimum atomic E-state index is -0.828. The van der Waals surface area contributed by atoms with Crippen LogP contribution >= 0.6 is 0 Å². The molecule has 0 aromatic heterocycles. The molecule has 8 N–H and O–H groups in total. The molecule has 8 heteroatoms. The second-order valence-electron chi connectivity index (χ2n) is 3.78. The molecule has 0 rings (SSSR count). The highest BCUT2D eigenvalue weighted by molar-refractivity contribution is 5.67. The van der Waals surface area contributed by atoms with E-state index in [0.717, 1.165) is 19.4 Å². The Morgan fingerprint density at radius 3 is 1.79 bits per heavy atom. The van der Waals surface area contributed by atoms with E-state index in [4.69, 9.17) is 21.7 Å². The van der Waals surface area contributed by atoms with Crippen LogP contribution in [0.4, 0.5) is 0 Å². The molecular formula is C11H26N4O4. The summed E-state index contributed by atoms with van der Waals surface area (Å²) in [5.74, 6) is -1.59. The van der Waals surface area contributed by atoms with Gasteiger partial charge in [-0.25, -0.2) is 0 Å². The quantitative estimate of drug-likeness (QED) is 0.210. The van der Waals surface area contributed by atoms with Gasteiger partial charge in [-0.3, -0.25) is 20.4 Å². The van der Waals surface area contributed by atoms with Gasteiger partial charge in [0.1, 0.15) is 0 Å². The maximum Gasteiger partial charge on any atom is 0.304 e. The summed E-state index contributed by atoms with van der Waals surface area (Å²) in [5, 5.41) is 16.7. The van der Waals surface area contributed by atoms with E-state index in [2.05, 4.69) is 10.9 Å². The SMILES string of the molecule is NCCN.O=C(O)CCCCCNNCCC(=O)O. The van der Waals surface area contributed by atoms with Crippen LogP contribution in [-0.2, 0) is 9.59 Å². The first kappa shape index (κ1) is 20.1. The summed E-state index contributed by atoms with van der Waals surface area (Å²) < 4.78 is 0. The summed E-state index contributed by atoms with van der Waals surface area (Å²) in [6, 6.07) is 0. The number of hydrogen-bond acceptors (Lipinski definition) is 6. The first-order valence-electron chi connectivity index (χ1n) is 6.34. The minimum absolute atomic E-state index is 0.0893. The number of carboxylic acid groups (broad SMARTS) is 2. The van der Waals surface area contributed by atoms with Gasteiger partial charge in [0.05, 0.1) is 6.42 Å². The van der Waals surface area contributed by atoms with Gasteiger partial charge in [-0.1, -0.05) is 6.42 Å². The zero-order chi connectivity index (χ0) is 14.9. The lowest BCUT2D eigenvalue weighted by Gasteiger charge is -2.04. The van der Waals surface area contributed by atoms with E-state index in [1.165, 1.54) is 0 Å². The van der Waals surface area contributed by atoms with E-state index >= 15 is 0 Å². The zero-order valence-electron chi connectivity index (χ0n) is 11.2. The van der Waals surface area contributed by atoms with Crippen molar-refractivity contribution in [1.29, 1.82) is 0 Å². The number of nitrogens with one attached hydrogen (secondary N) is 2. The van der Waals surface area contributed by atoms with Gasteiger partial charge >= 0.3 is 11.9 Å². The van der Waals surface area contributed by atoms with Gasteiger partial charge in [-0.2, -0.15) is 0 Å². The van der Waals surface area contributed by atoms with Crippen molar-refractivity contribution in [2.45, 2.75) is 32.1 Å². The van der Waals surface area contributed by atoms with Gasteiger partial charge in [0.2, 0.25) is 0 Å². The molecule has 0 atom stereocenters. The van der Waals surface area contributed by atoms with E-state index in [1.54, 1.807) is 0 Å². The van der Waals surface area contributed by atoms with Gasteiger partial charge in [0.15, 0.2) is 0 Å². The van der Waals surface area contributed by atoms with E-state index in [9.17, 15) is 9.59 Å². The fourth-order valence-corrected chi connectivity index (χ4v) is 1.01. The first-order chi connectivity index (χ1) is 9.04. The van der Waals surface area contributed by atoms with Crippen molar-refractivity contribution in [3.05, 3.63) is 0 Å². The Labute approximate surface area is 113 Å². The van der Waals surface area contributed by atoms with Crippen LogP contribution in [0, 0.1) is 0 Å². The molecule has 0 fully saturated rings. The molecule has 0 saturated carbocycles. The Hall–Kier alpha value is -1.22. The largest absolute Gasteiger partial charge is 0.481 e. The fourth-order valence-electron chi connectivity index (χ4n) is 1.01. The maximum absolute atomic E-state index is 10.2. The molecule has 0 aliphatic rings. The molecule has 0 bridgehead atoms. The molecule has 0 aliphatic carbocycles. The van der Waals surface area contributed by atoms with Gasteiger partial charge in [-0.05, 0) is 12.8 Å². The Kier molecular flexibility index (Phi) is 17.8. The number of nitrogens with two attached hydrogens (primary N) is 2. The molecule has 0 aromatic carbocycles. The molecule has 8 nitrogen and oxygen atoms in total. The predicted molar refractivity (Wildman–Crippen MR) is 72.5 cm³/mol. The second kappa shape index (κ2) is 16.8. The van der Waals surface area contributed by atoms with Gasteiger partial charge in [-0.15, -0.1) is 0 Å². The van der Waals surface area contributed by atoms with Crippen LogP contribution in [-0.4, -0.2) is 48.3 Å². The second-order valence-corrected chi connectivity index (χ2v) is 3.78. The van der Waals surface area contributed by atoms with Crippen LogP contribution in [0.1, 0.15) is 32.1 Å². The third kappa shape index (κ3) is 26.4. The third-order valence-corrected chi connectivity index (χ3v) is 1.95. The number of unbranched alkanes of at least 4 members (excludes halogenated alkanes) is 2. The average Bonchev–Trinajstić information content (AvgIpc) is 2.36. The smallest absolute Gasteiger partial charge is 0.304 e. The van der Waals surface area contributed by atoms with Crippen molar-refractivity contribution in [2.24, 2.45) is 11.5 Å². The van der Waals surface area contributed by atoms with E-state index < -0.39 is 11.9 Å². The lowest BCUT2D eigenvalue weighted by atomic mass is 10.2. The van der Waals surface area contributed by atoms with Crippen LogP contribution in [0.15, 0.2) is 0 Å². The van der Waals surface area contributed by atoms with Crippen LogP contribution < -0.4 is 22.3 Å². The molecule has 0 spiro atoms. The number of carbonyl (C=O) groups is 2.